The van der Waals surface area contributed by atoms with Crippen LogP contribution in [0.2, 0.25) is 31.4 Å². The van der Waals surface area contributed by atoms with Crippen molar-refractivity contribution in [2.75, 3.05) is 0 Å². The first-order valence-corrected chi connectivity index (χ1v) is 24.9. The Balaban J connectivity index is 3.27. The van der Waals surface area contributed by atoms with Crippen molar-refractivity contribution in [3.8, 4) is 9.86 Å². The van der Waals surface area contributed by atoms with Crippen LogP contribution in [0.15, 0.2) is 11.0 Å². The van der Waals surface area contributed by atoms with Crippen LogP contribution in [-0.4, -0.2) is 37.8 Å². The normalized spacial score (nSPS) is 14.1. The van der Waals surface area contributed by atoms with Crippen molar-refractivity contribution in [3.05, 3.63) is 21.7 Å². The third-order valence-electron chi connectivity index (χ3n) is 7.43. The molecule has 194 valence electrons. The monoisotopic (exact) mass is 611 g/mol. The number of aryl methyl sites for hydroxylation is 1. The number of hydrogen-bond acceptors (Lipinski definition) is 3. The van der Waals surface area contributed by atoms with Crippen molar-refractivity contribution in [2.45, 2.75) is 138 Å². The molecule has 2 nitrogen and oxygen atoms in total. The Morgan fingerprint density at radius 2 is 1.62 bits per heavy atom. The molecule has 0 bridgehead atoms. The molecule has 0 spiro atoms. The van der Waals surface area contributed by atoms with Gasteiger partial charge in [-0.1, -0.05) is 0 Å². The first-order valence-electron chi connectivity index (χ1n) is 13.7. The van der Waals surface area contributed by atoms with E-state index in [1.165, 1.54) is 57.4 Å². The van der Waals surface area contributed by atoms with Gasteiger partial charge in [-0.2, -0.15) is 0 Å². The van der Waals surface area contributed by atoms with Crippen molar-refractivity contribution in [1.29, 1.82) is 0 Å². The predicted octanol–water partition coefficient (Wildman–Crippen LogP) is 10.0. The van der Waals surface area contributed by atoms with Crippen LogP contribution in [0.5, 0.6) is 0 Å². The maximum absolute atomic E-state index is 6.97. The molecule has 0 aliphatic rings. The fourth-order valence-corrected chi connectivity index (χ4v) is 19.3. The van der Waals surface area contributed by atoms with Crippen LogP contribution >= 0.6 is 11.3 Å². The van der Waals surface area contributed by atoms with E-state index >= 15 is 0 Å². The molecular formula is C29H53NOSSiSn. The second-order valence-corrected chi connectivity index (χ2v) is 29.8. The summed E-state index contributed by atoms with van der Waals surface area (Å²) in [5, 5.41) is 3.44. The summed E-state index contributed by atoms with van der Waals surface area (Å²) in [7, 11) is -1.91. The van der Waals surface area contributed by atoms with Gasteiger partial charge in [0.25, 0.3) is 0 Å². The molecule has 0 aliphatic carbocycles. The van der Waals surface area contributed by atoms with Crippen LogP contribution < -0.4 is 0 Å². The summed E-state index contributed by atoms with van der Waals surface area (Å²) >= 11 is -0.738. The van der Waals surface area contributed by atoms with E-state index in [1.807, 2.05) is 0 Å². The van der Waals surface area contributed by atoms with Gasteiger partial charge in [0.05, 0.1) is 0 Å². The van der Waals surface area contributed by atoms with E-state index in [9.17, 15) is 0 Å². The summed E-state index contributed by atoms with van der Waals surface area (Å²) in [6.07, 6.45) is 11.1. The molecule has 0 saturated carbocycles. The molecule has 5 heteroatoms. The summed E-state index contributed by atoms with van der Waals surface area (Å²) < 4.78 is 15.4. The summed E-state index contributed by atoms with van der Waals surface area (Å²) in [4.78, 5) is 4.67. The maximum atomic E-state index is 6.97. The van der Waals surface area contributed by atoms with Gasteiger partial charge in [-0.3, -0.25) is 0 Å². The van der Waals surface area contributed by atoms with Gasteiger partial charge in [0, 0.05) is 0 Å². The molecule has 34 heavy (non-hydrogen) atoms. The molecule has 1 heterocycles. The minimum absolute atomic E-state index is 0.0583. The zero-order valence-electron chi connectivity index (χ0n) is 24.1. The molecule has 1 rings (SSSR count). The molecule has 0 radical (unpaired) electrons. The fraction of sp³-hybridized carbons (Fsp3) is 0.759. The Labute approximate surface area is 221 Å². The van der Waals surface area contributed by atoms with E-state index < -0.39 is 26.7 Å². The molecule has 0 aromatic carbocycles. The van der Waals surface area contributed by atoms with Crippen LogP contribution in [0.3, 0.4) is 0 Å². The molecule has 0 fully saturated rings. The van der Waals surface area contributed by atoms with E-state index in [0.29, 0.717) is 0 Å². The molecule has 0 amide bonds. The number of unbranched alkanes of at least 4 members (excludes halogenated alkanes) is 3. The van der Waals surface area contributed by atoms with Crippen molar-refractivity contribution < 1.29 is 4.43 Å². The summed E-state index contributed by atoms with van der Waals surface area (Å²) in [6, 6.07) is 0. The first-order chi connectivity index (χ1) is 15.9. The van der Waals surface area contributed by atoms with Crippen LogP contribution in [0.4, 0.5) is 0 Å². The quantitative estimate of drug-likeness (QED) is 0.155. The molecule has 1 aromatic rings. The molecule has 0 aliphatic heterocycles. The van der Waals surface area contributed by atoms with Crippen molar-refractivity contribution in [3.63, 3.8) is 0 Å². The predicted molar refractivity (Wildman–Crippen MR) is 160 cm³/mol. The topological polar surface area (TPSA) is 22.1 Å². The molecular weight excluding hydrogens is 557 g/mol. The van der Waals surface area contributed by atoms with Crippen LogP contribution in [-0.2, 0) is 4.43 Å². The first kappa shape index (κ1) is 31.9. The average Bonchev–Trinajstić information content (AvgIpc) is 3.17. The van der Waals surface area contributed by atoms with Crippen molar-refractivity contribution >= 4 is 44.1 Å². The zero-order valence-corrected chi connectivity index (χ0v) is 28.7. The number of thiazole rings is 1. The molecule has 1 aromatic heterocycles. The Kier molecular flexibility index (Phi) is 14.3. The van der Waals surface area contributed by atoms with Gasteiger partial charge >= 0.3 is 223 Å². The Hall–Kier alpha value is -0.0944. The number of nitrogens with zero attached hydrogens (tertiary/aromatic N) is 1. The fourth-order valence-electron chi connectivity index (χ4n) is 4.04. The molecule has 0 unspecified atom stereocenters. The van der Waals surface area contributed by atoms with E-state index in [0.717, 1.165) is 17.1 Å². The standard InChI is InChI=1S/C17H26NOSSi.3C4H9.Sn/c1-9-10-16(19-21(7,8)17(4,5)6)13(2)11-15-12-20-14(3)18-15;3*1-3-4-2;/h11-12,16H,10H2,2-8H3;3*1,3-4H2,2H3;/b13-11+;;;;/t16-;;;;/m0..../s1. The molecule has 1 atom stereocenters. The Morgan fingerprint density at radius 1 is 1.09 bits per heavy atom. The summed E-state index contributed by atoms with van der Waals surface area (Å²) in [5.74, 6) is 3.78. The van der Waals surface area contributed by atoms with Gasteiger partial charge in [0.1, 0.15) is 0 Å². The van der Waals surface area contributed by atoms with Gasteiger partial charge in [-0.05, 0) is 0 Å². The second kappa shape index (κ2) is 15.2. The van der Waals surface area contributed by atoms with Crippen LogP contribution in [0.25, 0.3) is 6.08 Å². The average molecular weight is 611 g/mol. The number of aromatic nitrogens is 1. The van der Waals surface area contributed by atoms with Crippen LogP contribution in [0, 0.1) is 16.8 Å². The second-order valence-electron chi connectivity index (χ2n) is 11.6. The van der Waals surface area contributed by atoms with E-state index in [-0.39, 0.29) is 11.1 Å². The third kappa shape index (κ3) is 10.9. The molecule has 0 N–H and O–H groups in total. The Bertz CT molecular complexity index is 790. The van der Waals surface area contributed by atoms with Gasteiger partial charge in [0.15, 0.2) is 0 Å². The summed E-state index contributed by atoms with van der Waals surface area (Å²) in [6.45, 7) is 23.0. The molecule has 0 saturated heterocycles. The zero-order chi connectivity index (χ0) is 25.8. The van der Waals surface area contributed by atoms with E-state index in [2.05, 4.69) is 94.8 Å². The SMILES string of the molecule is CCC[CH2][Sn]([C]#CC[C@H](O[Si](C)(C)C(C)(C)C)/C(C)=C/c1csc(C)n1)([CH2]CCC)[CH2]CCC. The van der Waals surface area contributed by atoms with E-state index in [1.54, 1.807) is 11.3 Å². The van der Waals surface area contributed by atoms with Gasteiger partial charge in [0.2, 0.25) is 0 Å². The van der Waals surface area contributed by atoms with Crippen LogP contribution in [0.1, 0.15) is 104 Å². The van der Waals surface area contributed by atoms with Crippen molar-refractivity contribution in [1.82, 2.24) is 4.98 Å². The number of rotatable bonds is 14. The number of hydrogen-bond donors (Lipinski definition) is 0. The Morgan fingerprint density at radius 3 is 2.03 bits per heavy atom. The van der Waals surface area contributed by atoms with Gasteiger partial charge < -0.3 is 0 Å². The van der Waals surface area contributed by atoms with Gasteiger partial charge in [-0.15, -0.1) is 0 Å². The third-order valence-corrected chi connectivity index (χ3v) is 25.9. The van der Waals surface area contributed by atoms with Gasteiger partial charge in [-0.25, -0.2) is 0 Å². The summed E-state index contributed by atoms with van der Waals surface area (Å²) in [5.41, 5.74) is 2.32. The van der Waals surface area contributed by atoms with Crippen molar-refractivity contribution in [2.24, 2.45) is 0 Å². The minimum atomic E-state index is -2.45. The van der Waals surface area contributed by atoms with E-state index in [4.69, 9.17) is 4.43 Å².